The average molecular weight is 257 g/mol. The molecule has 0 fully saturated rings. The van der Waals surface area contributed by atoms with Gasteiger partial charge < -0.3 is 15.4 Å². The number of hydrogen-bond donors (Lipinski definition) is 2. The number of carbonyl (C=O) groups excluding carboxylic acids is 1. The van der Waals surface area contributed by atoms with Gasteiger partial charge in [-0.3, -0.25) is 4.79 Å². The third-order valence-corrected chi connectivity index (χ3v) is 2.64. The Morgan fingerprint density at radius 2 is 2.00 bits per heavy atom. The van der Waals surface area contributed by atoms with Crippen molar-refractivity contribution in [1.29, 1.82) is 0 Å². The number of nitrogens with one attached hydrogen (secondary N) is 2. The minimum atomic E-state index is -0.189. The Morgan fingerprint density at radius 3 is 2.74 bits per heavy atom. The second-order valence-corrected chi connectivity index (χ2v) is 3.80. The molecule has 2 aromatic rings. The third kappa shape index (κ3) is 2.82. The van der Waals surface area contributed by atoms with Crippen molar-refractivity contribution in [2.24, 2.45) is 0 Å². The Morgan fingerprint density at radius 1 is 1.21 bits per heavy atom. The molecule has 1 aromatic heterocycles. The first kappa shape index (κ1) is 12.9. The fourth-order valence-corrected chi connectivity index (χ4v) is 1.70. The van der Waals surface area contributed by atoms with E-state index in [1.165, 1.54) is 0 Å². The van der Waals surface area contributed by atoms with Gasteiger partial charge in [0.05, 0.1) is 18.4 Å². The van der Waals surface area contributed by atoms with Crippen LogP contribution in [0.2, 0.25) is 0 Å². The summed E-state index contributed by atoms with van der Waals surface area (Å²) in [7, 11) is 3.18. The van der Waals surface area contributed by atoms with Crippen LogP contribution in [0.1, 0.15) is 10.4 Å². The van der Waals surface area contributed by atoms with Crippen molar-refractivity contribution in [1.82, 2.24) is 10.3 Å². The first-order chi connectivity index (χ1) is 9.26. The Kier molecular flexibility index (Phi) is 3.97. The standard InChI is InChI=1S/C14H15N3O2/c1-15-14(18)10-6-5-9-16-13(10)17-11-7-3-4-8-12(11)19-2/h3-9H,1-2H3,(H,15,18)(H,16,17). The van der Waals surface area contributed by atoms with Gasteiger partial charge in [0, 0.05) is 13.2 Å². The predicted molar refractivity (Wildman–Crippen MR) is 73.9 cm³/mol. The lowest BCUT2D eigenvalue weighted by Gasteiger charge is -2.12. The highest BCUT2D eigenvalue weighted by Crippen LogP contribution is 2.27. The van der Waals surface area contributed by atoms with Crippen molar-refractivity contribution < 1.29 is 9.53 Å². The number of nitrogens with zero attached hydrogens (tertiary/aromatic N) is 1. The van der Waals surface area contributed by atoms with E-state index in [-0.39, 0.29) is 5.91 Å². The van der Waals surface area contributed by atoms with Crippen molar-refractivity contribution in [3.05, 3.63) is 48.2 Å². The van der Waals surface area contributed by atoms with E-state index in [1.54, 1.807) is 32.5 Å². The molecule has 0 saturated heterocycles. The van der Waals surface area contributed by atoms with Gasteiger partial charge in [-0.05, 0) is 24.3 Å². The molecule has 0 aliphatic rings. The summed E-state index contributed by atoms with van der Waals surface area (Å²) < 4.78 is 5.25. The molecule has 1 aromatic carbocycles. The van der Waals surface area contributed by atoms with Gasteiger partial charge in [-0.1, -0.05) is 12.1 Å². The zero-order chi connectivity index (χ0) is 13.7. The van der Waals surface area contributed by atoms with Crippen LogP contribution in [0.3, 0.4) is 0 Å². The zero-order valence-electron chi connectivity index (χ0n) is 10.8. The monoisotopic (exact) mass is 257 g/mol. The number of aromatic nitrogens is 1. The van der Waals surface area contributed by atoms with Gasteiger partial charge in [-0.25, -0.2) is 4.98 Å². The van der Waals surface area contributed by atoms with Crippen LogP contribution < -0.4 is 15.4 Å². The molecule has 1 heterocycles. The molecular weight excluding hydrogens is 242 g/mol. The maximum absolute atomic E-state index is 11.8. The number of pyridine rings is 1. The van der Waals surface area contributed by atoms with Crippen LogP contribution in [0.4, 0.5) is 11.5 Å². The van der Waals surface area contributed by atoms with Crippen LogP contribution in [0, 0.1) is 0 Å². The van der Waals surface area contributed by atoms with Gasteiger partial charge in [-0.2, -0.15) is 0 Å². The summed E-state index contributed by atoms with van der Waals surface area (Å²) in [4.78, 5) is 15.9. The topological polar surface area (TPSA) is 63.2 Å². The van der Waals surface area contributed by atoms with Crippen LogP contribution in [0.5, 0.6) is 5.75 Å². The van der Waals surface area contributed by atoms with Crippen molar-refractivity contribution in [3.63, 3.8) is 0 Å². The molecule has 0 radical (unpaired) electrons. The van der Waals surface area contributed by atoms with Gasteiger partial charge in [0.1, 0.15) is 11.6 Å². The average Bonchev–Trinajstić information content (AvgIpc) is 2.47. The molecule has 0 spiro atoms. The predicted octanol–water partition coefficient (Wildman–Crippen LogP) is 2.19. The molecule has 0 unspecified atom stereocenters. The largest absolute Gasteiger partial charge is 0.495 e. The first-order valence-corrected chi connectivity index (χ1v) is 5.83. The van der Waals surface area contributed by atoms with Gasteiger partial charge in [0.15, 0.2) is 0 Å². The molecule has 98 valence electrons. The third-order valence-electron chi connectivity index (χ3n) is 2.64. The smallest absolute Gasteiger partial charge is 0.254 e. The molecule has 0 atom stereocenters. The Hall–Kier alpha value is -2.56. The molecule has 1 amide bonds. The highest BCUT2D eigenvalue weighted by molar-refractivity contribution is 5.99. The molecule has 19 heavy (non-hydrogen) atoms. The second kappa shape index (κ2) is 5.86. The minimum absolute atomic E-state index is 0.189. The van der Waals surface area contributed by atoms with E-state index in [1.807, 2.05) is 24.3 Å². The number of hydrogen-bond acceptors (Lipinski definition) is 4. The van der Waals surface area contributed by atoms with Crippen molar-refractivity contribution in [3.8, 4) is 5.75 Å². The number of carbonyl (C=O) groups is 1. The fourth-order valence-electron chi connectivity index (χ4n) is 1.70. The minimum Gasteiger partial charge on any atom is -0.495 e. The molecule has 2 rings (SSSR count). The SMILES string of the molecule is CNC(=O)c1cccnc1Nc1ccccc1OC. The number of methoxy groups -OCH3 is 1. The van der Waals surface area contributed by atoms with E-state index >= 15 is 0 Å². The number of amides is 1. The molecule has 0 saturated carbocycles. The molecular formula is C14H15N3O2. The lowest BCUT2D eigenvalue weighted by molar-refractivity contribution is 0.0963. The summed E-state index contributed by atoms with van der Waals surface area (Å²) in [6.07, 6.45) is 1.63. The molecule has 5 nitrogen and oxygen atoms in total. The van der Waals surface area contributed by atoms with Gasteiger partial charge in [0.2, 0.25) is 0 Å². The molecule has 5 heteroatoms. The van der Waals surface area contributed by atoms with E-state index < -0.39 is 0 Å². The molecule has 0 aliphatic carbocycles. The van der Waals surface area contributed by atoms with Gasteiger partial charge in [0.25, 0.3) is 5.91 Å². The lowest BCUT2D eigenvalue weighted by atomic mass is 10.2. The van der Waals surface area contributed by atoms with Gasteiger partial charge in [-0.15, -0.1) is 0 Å². The summed E-state index contributed by atoms with van der Waals surface area (Å²) >= 11 is 0. The van der Waals surface area contributed by atoms with Crippen LogP contribution in [0.25, 0.3) is 0 Å². The number of anilines is 2. The summed E-state index contributed by atoms with van der Waals surface area (Å²) in [5.74, 6) is 0.993. The molecule has 0 bridgehead atoms. The maximum atomic E-state index is 11.8. The summed E-state index contributed by atoms with van der Waals surface area (Å²) in [6, 6.07) is 10.9. The van der Waals surface area contributed by atoms with Crippen LogP contribution >= 0.6 is 0 Å². The van der Waals surface area contributed by atoms with Crippen molar-refractivity contribution in [2.45, 2.75) is 0 Å². The first-order valence-electron chi connectivity index (χ1n) is 5.83. The summed E-state index contributed by atoms with van der Waals surface area (Å²) in [6.45, 7) is 0. The van der Waals surface area contributed by atoms with E-state index in [2.05, 4.69) is 15.6 Å². The summed E-state index contributed by atoms with van der Waals surface area (Å²) in [5, 5.41) is 5.70. The van der Waals surface area contributed by atoms with Crippen LogP contribution in [0.15, 0.2) is 42.6 Å². The normalized spacial score (nSPS) is 9.79. The second-order valence-electron chi connectivity index (χ2n) is 3.80. The number of benzene rings is 1. The highest BCUT2D eigenvalue weighted by Gasteiger charge is 2.12. The number of para-hydroxylation sites is 2. The van der Waals surface area contributed by atoms with E-state index in [4.69, 9.17) is 4.74 Å². The highest BCUT2D eigenvalue weighted by atomic mass is 16.5. The van der Waals surface area contributed by atoms with E-state index in [9.17, 15) is 4.79 Å². The Bertz CT molecular complexity index is 584. The van der Waals surface area contributed by atoms with E-state index in [0.29, 0.717) is 17.1 Å². The summed E-state index contributed by atoms with van der Waals surface area (Å²) in [5.41, 5.74) is 1.24. The van der Waals surface area contributed by atoms with Gasteiger partial charge >= 0.3 is 0 Å². The Labute approximate surface area is 111 Å². The molecule has 2 N–H and O–H groups in total. The van der Waals surface area contributed by atoms with Crippen LogP contribution in [-0.4, -0.2) is 25.0 Å². The van der Waals surface area contributed by atoms with Crippen molar-refractivity contribution >= 4 is 17.4 Å². The lowest BCUT2D eigenvalue weighted by Crippen LogP contribution is -2.19. The quantitative estimate of drug-likeness (QED) is 0.881. The molecule has 0 aliphatic heterocycles. The van der Waals surface area contributed by atoms with Crippen LogP contribution in [-0.2, 0) is 0 Å². The van der Waals surface area contributed by atoms with Crippen molar-refractivity contribution in [2.75, 3.05) is 19.5 Å². The zero-order valence-corrected chi connectivity index (χ0v) is 10.8. The fraction of sp³-hybridized carbons (Fsp3) is 0.143. The Balaban J connectivity index is 2.36. The number of ether oxygens (including phenoxy) is 1. The number of rotatable bonds is 4. The maximum Gasteiger partial charge on any atom is 0.254 e. The van der Waals surface area contributed by atoms with E-state index in [0.717, 1.165) is 5.69 Å².